The molecule has 0 heterocycles. The van der Waals surface area contributed by atoms with Crippen LogP contribution in [0.25, 0.3) is 0 Å². The van der Waals surface area contributed by atoms with Crippen molar-refractivity contribution in [3.05, 3.63) is 51.7 Å². The Morgan fingerprint density at radius 2 is 1.46 bits per heavy atom. The second-order valence-electron chi connectivity index (χ2n) is 7.34. The molecular formula is C21H31Cl3SiTi. The first-order valence-electron chi connectivity index (χ1n) is 8.70. The maximum atomic E-state index is 3.67. The minimum absolute atomic E-state index is 0. The van der Waals surface area contributed by atoms with E-state index in [1.54, 1.807) is 10.4 Å². The molecule has 2 unspecified atom stereocenters. The van der Waals surface area contributed by atoms with Crippen LogP contribution in [-0.2, 0) is 21.7 Å². The Labute approximate surface area is 195 Å². The number of halogens is 3. The maximum Gasteiger partial charge on any atom is 4.00 e. The first kappa shape index (κ1) is 31.2. The van der Waals surface area contributed by atoms with E-state index >= 15 is 0 Å². The van der Waals surface area contributed by atoms with Crippen LogP contribution < -0.4 is 42.4 Å². The van der Waals surface area contributed by atoms with Crippen LogP contribution in [0.1, 0.15) is 51.7 Å². The summed E-state index contributed by atoms with van der Waals surface area (Å²) in [6.07, 6.45) is 6.29. The van der Waals surface area contributed by atoms with Gasteiger partial charge in [-0.3, -0.25) is 6.08 Å². The van der Waals surface area contributed by atoms with Crippen molar-refractivity contribution in [2.45, 2.75) is 67.0 Å². The quantitative estimate of drug-likeness (QED) is 0.315. The Morgan fingerprint density at radius 3 is 1.85 bits per heavy atom. The standard InChI is InChI=1S/C21H31Si.3ClH.Ti/c1-8-9-10-22(7,20-12-15(2)11-16(3)13-20)21-18(5)14-17(4)19(21)6;;;;/h11-13,18H,8-10H2,1-7H3;3*1H;/q-1;;;;+4/p-3. The van der Waals surface area contributed by atoms with Gasteiger partial charge in [0.15, 0.2) is 0 Å². The van der Waals surface area contributed by atoms with Gasteiger partial charge in [-0.05, 0) is 13.8 Å². The van der Waals surface area contributed by atoms with Gasteiger partial charge in [0, 0.05) is 0 Å². The molecular weight excluding hydrogens is 435 g/mol. The SMILES string of the molecule is CCCC[Si](C)(C1=C(C)C(C)=[C-]C1C)c1cc(C)cc(C)c1.[Cl-].[Cl-].[Cl-].[Ti+4]. The molecule has 144 valence electrons. The van der Waals surface area contributed by atoms with E-state index in [1.807, 2.05) is 0 Å². The predicted octanol–water partition coefficient (Wildman–Crippen LogP) is -3.35. The van der Waals surface area contributed by atoms with Crippen molar-refractivity contribution in [2.75, 3.05) is 0 Å². The van der Waals surface area contributed by atoms with E-state index in [-0.39, 0.29) is 58.9 Å². The van der Waals surface area contributed by atoms with E-state index in [9.17, 15) is 0 Å². The summed E-state index contributed by atoms with van der Waals surface area (Å²) in [5.41, 5.74) is 5.71. The molecule has 0 amide bonds. The molecule has 1 aromatic carbocycles. The molecule has 0 bridgehead atoms. The Balaban J connectivity index is -0.00000132. The summed E-state index contributed by atoms with van der Waals surface area (Å²) >= 11 is 0. The zero-order chi connectivity index (χ0) is 16.5. The monoisotopic (exact) mass is 464 g/mol. The number of allylic oxidation sites excluding steroid dienone is 4. The largest absolute Gasteiger partial charge is 4.00 e. The van der Waals surface area contributed by atoms with E-state index in [1.165, 1.54) is 41.2 Å². The molecule has 0 spiro atoms. The summed E-state index contributed by atoms with van der Waals surface area (Å²) in [6.45, 7) is 16.3. The van der Waals surface area contributed by atoms with Gasteiger partial charge in [0.05, 0.1) is 8.07 Å². The zero-order valence-electron chi connectivity index (χ0n) is 17.1. The number of rotatable bonds is 5. The van der Waals surface area contributed by atoms with Gasteiger partial charge in [-0.15, -0.1) is 6.92 Å². The summed E-state index contributed by atoms with van der Waals surface area (Å²) < 4.78 is 0. The normalized spacial score (nSPS) is 17.8. The van der Waals surface area contributed by atoms with E-state index in [4.69, 9.17) is 0 Å². The summed E-state index contributed by atoms with van der Waals surface area (Å²) in [5, 5.41) is 3.35. The molecule has 0 N–H and O–H groups in total. The molecule has 0 saturated carbocycles. The van der Waals surface area contributed by atoms with Crippen LogP contribution in [0.4, 0.5) is 0 Å². The number of aryl methyl sites for hydroxylation is 2. The van der Waals surface area contributed by atoms with Gasteiger partial charge < -0.3 is 37.2 Å². The van der Waals surface area contributed by atoms with Gasteiger partial charge in [-0.2, -0.15) is 5.20 Å². The van der Waals surface area contributed by atoms with Crippen LogP contribution >= 0.6 is 0 Å². The third-order valence-electron chi connectivity index (χ3n) is 5.32. The molecule has 0 fully saturated rings. The Hall–Kier alpha value is 0.501. The topological polar surface area (TPSA) is 0 Å². The molecule has 1 aliphatic carbocycles. The first-order chi connectivity index (χ1) is 10.3. The van der Waals surface area contributed by atoms with Gasteiger partial charge in [0.25, 0.3) is 0 Å². The molecule has 1 aromatic rings. The maximum absolute atomic E-state index is 3.67. The van der Waals surface area contributed by atoms with Crippen LogP contribution in [0.2, 0.25) is 12.6 Å². The summed E-state index contributed by atoms with van der Waals surface area (Å²) in [4.78, 5) is 0. The molecule has 0 aliphatic heterocycles. The van der Waals surface area contributed by atoms with Crippen LogP contribution in [0, 0.1) is 25.8 Å². The number of benzene rings is 1. The Morgan fingerprint density at radius 1 is 0.962 bits per heavy atom. The zero-order valence-corrected chi connectivity index (χ0v) is 21.9. The van der Waals surface area contributed by atoms with Crippen molar-refractivity contribution in [3.63, 3.8) is 0 Å². The van der Waals surface area contributed by atoms with Crippen molar-refractivity contribution >= 4 is 13.3 Å². The van der Waals surface area contributed by atoms with Crippen molar-refractivity contribution in [1.82, 2.24) is 0 Å². The molecule has 26 heavy (non-hydrogen) atoms. The Bertz CT molecular complexity index is 620. The van der Waals surface area contributed by atoms with E-state index in [0.29, 0.717) is 5.92 Å². The minimum Gasteiger partial charge on any atom is -1.00 e. The van der Waals surface area contributed by atoms with E-state index in [2.05, 4.69) is 72.4 Å². The summed E-state index contributed by atoms with van der Waals surface area (Å²) in [5.74, 6) is 0.495. The van der Waals surface area contributed by atoms with Crippen molar-refractivity contribution in [2.24, 2.45) is 5.92 Å². The van der Waals surface area contributed by atoms with Crippen LogP contribution in [0.5, 0.6) is 0 Å². The smallest absolute Gasteiger partial charge is 1.00 e. The van der Waals surface area contributed by atoms with Gasteiger partial charge in [0.2, 0.25) is 0 Å². The molecule has 1 aliphatic rings. The van der Waals surface area contributed by atoms with E-state index < -0.39 is 8.07 Å². The van der Waals surface area contributed by atoms with Crippen LogP contribution in [0.15, 0.2) is 34.5 Å². The second kappa shape index (κ2) is 12.9. The van der Waals surface area contributed by atoms with Crippen LogP contribution in [0.3, 0.4) is 0 Å². The van der Waals surface area contributed by atoms with Gasteiger partial charge in [0.1, 0.15) is 0 Å². The van der Waals surface area contributed by atoms with Crippen molar-refractivity contribution < 1.29 is 58.9 Å². The molecule has 0 nitrogen and oxygen atoms in total. The summed E-state index contributed by atoms with van der Waals surface area (Å²) in [6, 6.07) is 8.57. The molecule has 0 radical (unpaired) electrons. The molecule has 0 aromatic heterocycles. The molecule has 2 rings (SSSR count). The van der Waals surface area contributed by atoms with Gasteiger partial charge >= 0.3 is 21.7 Å². The fourth-order valence-corrected chi connectivity index (χ4v) is 9.25. The third kappa shape index (κ3) is 6.54. The predicted molar refractivity (Wildman–Crippen MR) is 101 cm³/mol. The van der Waals surface area contributed by atoms with Gasteiger partial charge in [-0.25, -0.2) is 11.1 Å². The van der Waals surface area contributed by atoms with Gasteiger partial charge in [-0.1, -0.05) is 86.6 Å². The third-order valence-corrected chi connectivity index (χ3v) is 10.2. The molecule has 0 saturated heterocycles. The average Bonchev–Trinajstić information content (AvgIpc) is 2.69. The number of hydrogen-bond acceptors (Lipinski definition) is 0. The van der Waals surface area contributed by atoms with Crippen molar-refractivity contribution in [1.29, 1.82) is 0 Å². The second-order valence-corrected chi connectivity index (χ2v) is 11.6. The first-order valence-corrected chi connectivity index (χ1v) is 11.4. The average molecular weight is 466 g/mol. The fourth-order valence-electron chi connectivity index (χ4n) is 4.18. The molecule has 5 heteroatoms. The minimum atomic E-state index is -1.65. The van der Waals surface area contributed by atoms with Crippen molar-refractivity contribution in [3.8, 4) is 0 Å². The van der Waals surface area contributed by atoms with Crippen LogP contribution in [-0.4, -0.2) is 8.07 Å². The Kier molecular flexibility index (Phi) is 15.4. The fraction of sp³-hybridized carbons (Fsp3) is 0.524. The summed E-state index contributed by atoms with van der Waals surface area (Å²) in [7, 11) is -1.65. The molecule has 2 atom stereocenters. The number of unbranched alkanes of at least 4 members (excludes halogenated alkanes) is 1. The number of hydrogen-bond donors (Lipinski definition) is 0. The van der Waals surface area contributed by atoms with E-state index in [0.717, 1.165) is 0 Å².